The number of likely N-dealkylation sites (N-methyl/N-ethyl adjacent to an activating group) is 2. The van der Waals surface area contributed by atoms with Gasteiger partial charge in [0.15, 0.2) is 5.75 Å². The number of fused-ring (bicyclic) bond motifs is 2. The minimum Gasteiger partial charge on any atom is -0.492 e. The number of carbonyl (C=O) groups is 1. The maximum absolute atomic E-state index is 13.9. The molecule has 236 valence electrons. The molecule has 0 saturated carbocycles. The fraction of sp³-hybridized carbons (Fsp3) is 0.469. The van der Waals surface area contributed by atoms with E-state index in [9.17, 15) is 9.00 Å². The third-order valence-corrected chi connectivity index (χ3v) is 8.69. The molecule has 44 heavy (non-hydrogen) atoms. The third-order valence-electron chi connectivity index (χ3n) is 8.18. The van der Waals surface area contributed by atoms with Crippen LogP contribution in [0.2, 0.25) is 0 Å². The predicted molar refractivity (Wildman–Crippen MR) is 175 cm³/mol. The van der Waals surface area contributed by atoms with Crippen molar-refractivity contribution in [1.82, 2.24) is 19.8 Å². The van der Waals surface area contributed by atoms with E-state index in [-0.39, 0.29) is 23.3 Å². The Hall–Kier alpha value is -3.90. The van der Waals surface area contributed by atoms with Crippen molar-refractivity contribution in [3.63, 3.8) is 0 Å². The minimum atomic E-state index is -1.33. The summed E-state index contributed by atoms with van der Waals surface area (Å²) in [5, 5.41) is 3.08. The first-order valence-electron chi connectivity index (χ1n) is 14.8. The highest BCUT2D eigenvalue weighted by molar-refractivity contribution is 7.85. The van der Waals surface area contributed by atoms with Crippen LogP contribution in [-0.2, 0) is 21.2 Å². The molecule has 11 nitrogen and oxygen atoms in total. The molecule has 5 rings (SSSR count). The zero-order chi connectivity index (χ0) is 31.6. The van der Waals surface area contributed by atoms with Crippen molar-refractivity contribution in [3.05, 3.63) is 65.7 Å². The largest absolute Gasteiger partial charge is 0.492 e. The number of amides is 1. The van der Waals surface area contributed by atoms with Crippen molar-refractivity contribution in [2.75, 3.05) is 68.6 Å². The highest BCUT2D eigenvalue weighted by Crippen LogP contribution is 2.40. The molecule has 1 aliphatic carbocycles. The van der Waals surface area contributed by atoms with Crippen molar-refractivity contribution < 1.29 is 18.5 Å². The summed E-state index contributed by atoms with van der Waals surface area (Å²) in [6.45, 7) is 9.89. The topological polar surface area (TPSA) is 112 Å². The van der Waals surface area contributed by atoms with Crippen LogP contribution in [0.1, 0.15) is 32.8 Å². The van der Waals surface area contributed by atoms with Gasteiger partial charge in [0.2, 0.25) is 11.8 Å². The maximum Gasteiger partial charge on any atom is 0.271 e. The Kier molecular flexibility index (Phi) is 9.31. The predicted octanol–water partition coefficient (Wildman–Crippen LogP) is 3.92. The Morgan fingerprint density at radius 2 is 1.84 bits per heavy atom. The van der Waals surface area contributed by atoms with Crippen molar-refractivity contribution in [2.45, 2.75) is 38.6 Å². The lowest BCUT2D eigenvalue weighted by Crippen LogP contribution is -2.45. The van der Waals surface area contributed by atoms with Gasteiger partial charge in [-0.3, -0.25) is 4.79 Å². The van der Waals surface area contributed by atoms with Gasteiger partial charge in [0, 0.05) is 51.7 Å². The van der Waals surface area contributed by atoms with E-state index in [0.717, 1.165) is 38.2 Å². The van der Waals surface area contributed by atoms with Crippen molar-refractivity contribution in [2.24, 2.45) is 5.92 Å². The summed E-state index contributed by atoms with van der Waals surface area (Å²) in [4.78, 5) is 29.5. The monoisotopic (exact) mass is 621 g/mol. The van der Waals surface area contributed by atoms with Crippen LogP contribution < -0.4 is 24.4 Å². The van der Waals surface area contributed by atoms with Crippen LogP contribution in [0.5, 0.6) is 11.6 Å². The molecule has 1 fully saturated rings. The second-order valence-corrected chi connectivity index (χ2v) is 13.6. The molecule has 12 heteroatoms. The summed E-state index contributed by atoms with van der Waals surface area (Å²) in [6.07, 6.45) is 12.0. The molecule has 2 N–H and O–H groups in total. The van der Waals surface area contributed by atoms with Crippen LogP contribution in [0, 0.1) is 5.92 Å². The van der Waals surface area contributed by atoms with Gasteiger partial charge in [-0.15, -0.1) is 0 Å². The van der Waals surface area contributed by atoms with E-state index in [0.29, 0.717) is 40.4 Å². The molecule has 3 unspecified atom stereocenters. The minimum absolute atomic E-state index is 0.0446. The van der Waals surface area contributed by atoms with E-state index >= 15 is 0 Å². The molecule has 3 heterocycles. The number of hydrogen-bond donors (Lipinski definition) is 2. The Morgan fingerprint density at radius 1 is 1.11 bits per heavy atom. The Morgan fingerprint density at radius 3 is 2.52 bits per heavy atom. The van der Waals surface area contributed by atoms with E-state index in [2.05, 4.69) is 58.7 Å². The highest BCUT2D eigenvalue weighted by atomic mass is 32.2. The van der Waals surface area contributed by atoms with Crippen LogP contribution in [0.4, 0.5) is 17.3 Å². The van der Waals surface area contributed by atoms with Crippen molar-refractivity contribution >= 4 is 34.2 Å². The number of methoxy groups -OCH3 is 1. The number of nitrogens with one attached hydrogen (secondary N) is 2. The number of aromatic nitrogens is 2. The van der Waals surface area contributed by atoms with E-state index < -0.39 is 11.0 Å². The fourth-order valence-electron chi connectivity index (χ4n) is 5.62. The van der Waals surface area contributed by atoms with Gasteiger partial charge in [0.05, 0.1) is 30.2 Å². The second-order valence-electron chi connectivity index (χ2n) is 12.5. The Labute approximate surface area is 262 Å². The van der Waals surface area contributed by atoms with Crippen molar-refractivity contribution in [1.29, 1.82) is 0 Å². The molecule has 2 bridgehead atoms. The summed E-state index contributed by atoms with van der Waals surface area (Å²) >= 11 is 0. The van der Waals surface area contributed by atoms with E-state index in [1.807, 2.05) is 42.3 Å². The van der Waals surface area contributed by atoms with E-state index in [4.69, 9.17) is 14.5 Å². The first kappa shape index (κ1) is 31.5. The molecule has 1 aromatic carbocycles. The van der Waals surface area contributed by atoms with E-state index in [1.54, 1.807) is 18.5 Å². The number of rotatable bonds is 8. The molecule has 2 aliphatic heterocycles. The fourth-order valence-corrected chi connectivity index (χ4v) is 6.08. The molecule has 2 aromatic rings. The first-order valence-corrected chi connectivity index (χ1v) is 16.4. The second kappa shape index (κ2) is 13.0. The van der Waals surface area contributed by atoms with Crippen LogP contribution in [0.3, 0.4) is 0 Å². The number of carbonyl (C=O) groups excluding carboxylic acids is 1. The van der Waals surface area contributed by atoms with Gasteiger partial charge in [0.25, 0.3) is 5.91 Å². The molecule has 3 atom stereocenters. The number of anilines is 3. The van der Waals surface area contributed by atoms with Gasteiger partial charge >= 0.3 is 0 Å². The molecule has 3 aliphatic rings. The number of hydrogen-bond acceptors (Lipinski definition) is 9. The van der Waals surface area contributed by atoms with Gasteiger partial charge in [-0.2, -0.15) is 4.98 Å². The Balaban J connectivity index is 1.38. The molecular formula is C32H43N7O4S. The molecule has 0 spiro atoms. The quantitative estimate of drug-likeness (QED) is 0.453. The summed E-state index contributed by atoms with van der Waals surface area (Å²) in [6, 6.07) is 5.41. The lowest BCUT2D eigenvalue weighted by atomic mass is 9.86. The number of nitrogens with zero attached hydrogens (tertiary/aromatic N) is 5. The summed E-state index contributed by atoms with van der Waals surface area (Å²) in [7, 11) is 4.22. The van der Waals surface area contributed by atoms with Gasteiger partial charge < -0.3 is 34.2 Å². The van der Waals surface area contributed by atoms with Crippen molar-refractivity contribution in [3.8, 4) is 11.6 Å². The SMILES string of the molecule is COc1c(NC(=O)C2=CC3C=CC=C(Oc4ccnc(N5CCN(C)CC5)n4)C(C3)N2C)cc(C(C)(C)C)cc1NS(C)=O. The number of ether oxygens (including phenoxy) is 2. The molecule has 1 amide bonds. The lowest BCUT2D eigenvalue weighted by molar-refractivity contribution is -0.114. The van der Waals surface area contributed by atoms with Gasteiger partial charge in [-0.05, 0) is 54.6 Å². The third kappa shape index (κ3) is 7.07. The van der Waals surface area contributed by atoms with Crippen LogP contribution in [-0.4, -0.2) is 89.6 Å². The normalized spacial score (nSPS) is 21.2. The average Bonchev–Trinajstić information content (AvgIpc) is 3.13. The first-order chi connectivity index (χ1) is 20.9. The van der Waals surface area contributed by atoms with Crippen LogP contribution >= 0.6 is 0 Å². The van der Waals surface area contributed by atoms with Crippen LogP contribution in [0.25, 0.3) is 0 Å². The zero-order valence-electron chi connectivity index (χ0n) is 26.6. The summed E-state index contributed by atoms with van der Waals surface area (Å²) in [5.41, 5.74) is 2.31. The molecule has 0 radical (unpaired) electrons. The summed E-state index contributed by atoms with van der Waals surface area (Å²) in [5.74, 6) is 2.02. The van der Waals surface area contributed by atoms with Gasteiger partial charge in [0.1, 0.15) is 16.7 Å². The number of allylic oxidation sites excluding steroid dienone is 4. The lowest BCUT2D eigenvalue weighted by Gasteiger charge is -2.37. The maximum atomic E-state index is 13.9. The smallest absolute Gasteiger partial charge is 0.271 e. The standard InChI is InChI=1S/C32H43N7O4S/c1-32(2,3)22-19-23(29(42-6)24(20-22)36-44(7)41)34-30(40)26-18-21-9-8-10-27(25(17-21)38(26)5)43-28-11-12-33-31(35-28)39-15-13-37(4)14-16-39/h8-12,18-21,25,36H,13-17H2,1-7H3,(H,34,40). The molecular weight excluding hydrogens is 578 g/mol. The van der Waals surface area contributed by atoms with Gasteiger partial charge in [-0.25, -0.2) is 9.19 Å². The Bertz CT molecular complexity index is 1510. The average molecular weight is 622 g/mol. The van der Waals surface area contributed by atoms with Crippen LogP contribution in [0.15, 0.2) is 60.2 Å². The van der Waals surface area contributed by atoms with Gasteiger partial charge in [-0.1, -0.05) is 32.9 Å². The number of benzene rings is 1. The summed E-state index contributed by atoms with van der Waals surface area (Å²) < 4.78 is 27.1. The molecule has 1 saturated heterocycles. The highest BCUT2D eigenvalue weighted by Gasteiger charge is 2.34. The van der Waals surface area contributed by atoms with E-state index in [1.165, 1.54) is 7.11 Å². The zero-order valence-corrected chi connectivity index (χ0v) is 27.4. The molecule has 1 aromatic heterocycles. The number of piperazine rings is 1.